The van der Waals surface area contributed by atoms with Gasteiger partial charge < -0.3 is 15.7 Å². The molecule has 1 heterocycles. The van der Waals surface area contributed by atoms with E-state index in [0.29, 0.717) is 0 Å². The summed E-state index contributed by atoms with van der Waals surface area (Å²) in [5.74, 6) is -1.02. The van der Waals surface area contributed by atoms with Gasteiger partial charge in [0.2, 0.25) is 5.91 Å². The van der Waals surface area contributed by atoms with E-state index < -0.39 is 11.9 Å². The lowest BCUT2D eigenvalue weighted by atomic mass is 10.1. The summed E-state index contributed by atoms with van der Waals surface area (Å²) in [7, 11) is 0. The highest BCUT2D eigenvalue weighted by atomic mass is 16.3. The summed E-state index contributed by atoms with van der Waals surface area (Å²) in [4.78, 5) is 27.4. The zero-order chi connectivity index (χ0) is 14.6. The third-order valence-corrected chi connectivity index (χ3v) is 2.28. The molecule has 19 heavy (non-hydrogen) atoms. The largest absolute Gasteiger partial charge is 0.505 e. The van der Waals surface area contributed by atoms with Crippen LogP contribution in [0.3, 0.4) is 0 Å². The molecule has 1 unspecified atom stereocenters. The quantitative estimate of drug-likeness (QED) is 0.754. The Morgan fingerprint density at radius 2 is 2.00 bits per heavy atom. The van der Waals surface area contributed by atoms with Gasteiger partial charge in [-0.05, 0) is 33.8 Å². The first-order valence-electron chi connectivity index (χ1n) is 5.96. The monoisotopic (exact) mass is 265 g/mol. The van der Waals surface area contributed by atoms with Crippen molar-refractivity contribution in [3.63, 3.8) is 0 Å². The van der Waals surface area contributed by atoms with Gasteiger partial charge >= 0.3 is 0 Å². The first kappa shape index (κ1) is 14.9. The SMILES string of the molecule is CC(NC(=O)c1ccncc1O)C(=O)NC(C)(C)C. The second-order valence-corrected chi connectivity index (χ2v) is 5.33. The Morgan fingerprint density at radius 1 is 1.37 bits per heavy atom. The zero-order valence-electron chi connectivity index (χ0n) is 11.5. The maximum Gasteiger partial charge on any atom is 0.255 e. The molecule has 1 atom stereocenters. The highest BCUT2D eigenvalue weighted by molar-refractivity contribution is 5.99. The van der Waals surface area contributed by atoms with Crippen LogP contribution in [-0.4, -0.2) is 33.5 Å². The van der Waals surface area contributed by atoms with Crippen LogP contribution in [-0.2, 0) is 4.79 Å². The molecule has 0 aromatic carbocycles. The number of carbonyl (C=O) groups is 2. The molecule has 6 heteroatoms. The van der Waals surface area contributed by atoms with Crippen LogP contribution < -0.4 is 10.6 Å². The van der Waals surface area contributed by atoms with E-state index in [0.717, 1.165) is 0 Å². The molecule has 0 aliphatic rings. The van der Waals surface area contributed by atoms with Gasteiger partial charge in [0, 0.05) is 11.7 Å². The first-order valence-corrected chi connectivity index (χ1v) is 5.96. The molecule has 0 bridgehead atoms. The number of pyridine rings is 1. The van der Waals surface area contributed by atoms with Crippen LogP contribution in [0.1, 0.15) is 38.1 Å². The molecule has 1 aromatic rings. The van der Waals surface area contributed by atoms with E-state index in [9.17, 15) is 14.7 Å². The molecule has 0 aliphatic heterocycles. The Balaban J connectivity index is 2.67. The van der Waals surface area contributed by atoms with E-state index in [2.05, 4.69) is 15.6 Å². The van der Waals surface area contributed by atoms with Crippen molar-refractivity contribution in [2.75, 3.05) is 0 Å². The first-order chi connectivity index (χ1) is 8.70. The van der Waals surface area contributed by atoms with Gasteiger partial charge in [0.25, 0.3) is 5.91 Å². The topological polar surface area (TPSA) is 91.3 Å². The molecule has 1 rings (SSSR count). The second-order valence-electron chi connectivity index (χ2n) is 5.33. The number of hydrogen-bond donors (Lipinski definition) is 3. The highest BCUT2D eigenvalue weighted by Crippen LogP contribution is 2.13. The van der Waals surface area contributed by atoms with Gasteiger partial charge in [0.15, 0.2) is 0 Å². The molecule has 0 radical (unpaired) electrons. The Morgan fingerprint density at radius 3 is 2.53 bits per heavy atom. The molecule has 6 nitrogen and oxygen atoms in total. The molecule has 0 saturated carbocycles. The normalized spacial score (nSPS) is 12.6. The van der Waals surface area contributed by atoms with Gasteiger partial charge in [-0.2, -0.15) is 0 Å². The number of amides is 2. The van der Waals surface area contributed by atoms with Crippen LogP contribution in [0.2, 0.25) is 0 Å². The molecule has 0 spiro atoms. The molecule has 2 amide bonds. The Kier molecular flexibility index (Phi) is 4.47. The molecule has 1 aromatic heterocycles. The van der Waals surface area contributed by atoms with E-state index in [1.54, 1.807) is 6.92 Å². The van der Waals surface area contributed by atoms with E-state index in [4.69, 9.17) is 0 Å². The minimum Gasteiger partial charge on any atom is -0.505 e. The lowest BCUT2D eigenvalue weighted by molar-refractivity contribution is -0.124. The van der Waals surface area contributed by atoms with Gasteiger partial charge in [0.05, 0.1) is 11.8 Å². The molecule has 0 saturated heterocycles. The molecular formula is C13H19N3O3. The number of hydrogen-bond acceptors (Lipinski definition) is 4. The van der Waals surface area contributed by atoms with Crippen LogP contribution in [0.25, 0.3) is 0 Å². The fraction of sp³-hybridized carbons (Fsp3) is 0.462. The summed E-state index contributed by atoms with van der Waals surface area (Å²) in [6.07, 6.45) is 2.57. The molecule has 0 fully saturated rings. The minimum atomic E-state index is -0.695. The van der Waals surface area contributed by atoms with Crippen molar-refractivity contribution in [1.82, 2.24) is 15.6 Å². The Bertz CT molecular complexity index is 480. The van der Waals surface area contributed by atoms with Gasteiger partial charge in [-0.15, -0.1) is 0 Å². The summed E-state index contributed by atoms with van der Waals surface area (Å²) in [6.45, 7) is 7.15. The van der Waals surface area contributed by atoms with Crippen molar-refractivity contribution in [3.05, 3.63) is 24.0 Å². The summed E-state index contributed by atoms with van der Waals surface area (Å²) in [6, 6.07) is 0.693. The average Bonchev–Trinajstić information content (AvgIpc) is 2.27. The summed E-state index contributed by atoms with van der Waals surface area (Å²) in [5, 5.41) is 14.8. The number of nitrogens with zero attached hydrogens (tertiary/aromatic N) is 1. The van der Waals surface area contributed by atoms with Gasteiger partial charge in [-0.3, -0.25) is 14.6 Å². The van der Waals surface area contributed by atoms with E-state index in [-0.39, 0.29) is 22.8 Å². The molecule has 3 N–H and O–H groups in total. The molecule has 0 aliphatic carbocycles. The van der Waals surface area contributed by atoms with Crippen molar-refractivity contribution >= 4 is 11.8 Å². The highest BCUT2D eigenvalue weighted by Gasteiger charge is 2.22. The van der Waals surface area contributed by atoms with E-state index in [1.165, 1.54) is 18.5 Å². The Labute approximate surface area is 112 Å². The van der Waals surface area contributed by atoms with Gasteiger partial charge in [-0.25, -0.2) is 0 Å². The third kappa shape index (κ3) is 4.57. The number of aromatic nitrogens is 1. The van der Waals surface area contributed by atoms with Crippen molar-refractivity contribution in [2.45, 2.75) is 39.3 Å². The predicted octanol–water partition coefficient (Wildman–Crippen LogP) is 0.820. The summed E-state index contributed by atoms with van der Waals surface area (Å²) < 4.78 is 0. The zero-order valence-corrected chi connectivity index (χ0v) is 11.5. The van der Waals surface area contributed by atoms with Crippen molar-refractivity contribution in [3.8, 4) is 5.75 Å². The van der Waals surface area contributed by atoms with E-state index in [1.807, 2.05) is 20.8 Å². The lowest BCUT2D eigenvalue weighted by Crippen LogP contribution is -2.50. The second kappa shape index (κ2) is 5.69. The van der Waals surface area contributed by atoms with Crippen molar-refractivity contribution < 1.29 is 14.7 Å². The van der Waals surface area contributed by atoms with Crippen molar-refractivity contribution in [2.24, 2.45) is 0 Å². The average molecular weight is 265 g/mol. The fourth-order valence-electron chi connectivity index (χ4n) is 1.40. The summed E-state index contributed by atoms with van der Waals surface area (Å²) in [5.41, 5.74) is -0.278. The van der Waals surface area contributed by atoms with Crippen LogP contribution in [0, 0.1) is 0 Å². The summed E-state index contributed by atoms with van der Waals surface area (Å²) >= 11 is 0. The van der Waals surface area contributed by atoms with Crippen molar-refractivity contribution in [1.29, 1.82) is 0 Å². The third-order valence-electron chi connectivity index (χ3n) is 2.28. The van der Waals surface area contributed by atoms with Crippen LogP contribution in [0.5, 0.6) is 5.75 Å². The molecule has 104 valence electrons. The Hall–Kier alpha value is -2.11. The maximum absolute atomic E-state index is 11.9. The van der Waals surface area contributed by atoms with Gasteiger partial charge in [0.1, 0.15) is 11.8 Å². The van der Waals surface area contributed by atoms with Gasteiger partial charge in [-0.1, -0.05) is 0 Å². The number of nitrogens with one attached hydrogen (secondary N) is 2. The van der Waals surface area contributed by atoms with E-state index >= 15 is 0 Å². The number of carbonyl (C=O) groups excluding carboxylic acids is 2. The number of aromatic hydroxyl groups is 1. The predicted molar refractivity (Wildman–Crippen MR) is 70.7 cm³/mol. The number of rotatable bonds is 3. The molecular weight excluding hydrogens is 246 g/mol. The standard InChI is InChI=1S/C13H19N3O3/c1-8(11(18)16-13(2,3)4)15-12(19)9-5-6-14-7-10(9)17/h5-8,17H,1-4H3,(H,15,19)(H,16,18). The minimum absolute atomic E-state index is 0.0883. The maximum atomic E-state index is 11.9. The lowest BCUT2D eigenvalue weighted by Gasteiger charge is -2.23. The van der Waals surface area contributed by atoms with Crippen LogP contribution in [0.4, 0.5) is 0 Å². The van der Waals surface area contributed by atoms with Crippen LogP contribution in [0.15, 0.2) is 18.5 Å². The van der Waals surface area contributed by atoms with Crippen LogP contribution >= 0.6 is 0 Å². The smallest absolute Gasteiger partial charge is 0.255 e. The fourth-order valence-corrected chi connectivity index (χ4v) is 1.40.